The van der Waals surface area contributed by atoms with Gasteiger partial charge in [0.2, 0.25) is 5.95 Å². The summed E-state index contributed by atoms with van der Waals surface area (Å²) in [5.41, 5.74) is 3.72. The van der Waals surface area contributed by atoms with Crippen molar-refractivity contribution in [3.05, 3.63) is 77.4 Å². The van der Waals surface area contributed by atoms with E-state index in [2.05, 4.69) is 20.6 Å². The van der Waals surface area contributed by atoms with E-state index in [1.807, 2.05) is 32.0 Å². The molecule has 0 radical (unpaired) electrons. The van der Waals surface area contributed by atoms with E-state index in [4.69, 9.17) is 0 Å². The molecule has 0 unspecified atom stereocenters. The minimum atomic E-state index is -0.326. The van der Waals surface area contributed by atoms with Crippen molar-refractivity contribution in [2.45, 2.75) is 13.8 Å². The van der Waals surface area contributed by atoms with Gasteiger partial charge in [-0.25, -0.2) is 14.4 Å². The van der Waals surface area contributed by atoms with Gasteiger partial charge >= 0.3 is 0 Å². The van der Waals surface area contributed by atoms with Crippen molar-refractivity contribution in [2.24, 2.45) is 0 Å². The lowest BCUT2D eigenvalue weighted by Gasteiger charge is -2.10. The van der Waals surface area contributed by atoms with Gasteiger partial charge in [-0.1, -0.05) is 12.1 Å². The fourth-order valence-electron chi connectivity index (χ4n) is 2.28. The predicted molar refractivity (Wildman–Crippen MR) is 95.6 cm³/mol. The van der Waals surface area contributed by atoms with Gasteiger partial charge in [-0.2, -0.15) is 0 Å². The van der Waals surface area contributed by atoms with E-state index in [0.717, 1.165) is 16.8 Å². The van der Waals surface area contributed by atoms with Gasteiger partial charge in [0, 0.05) is 17.6 Å². The molecule has 1 heterocycles. The van der Waals surface area contributed by atoms with Gasteiger partial charge in [0.1, 0.15) is 11.5 Å². The number of aryl methyl sites for hydroxylation is 1. The Balaban J connectivity index is 1.77. The first-order valence-corrected chi connectivity index (χ1v) is 7.76. The number of aromatic nitrogens is 2. The van der Waals surface area contributed by atoms with Crippen molar-refractivity contribution in [1.29, 1.82) is 0 Å². The topological polar surface area (TPSA) is 66.9 Å². The fourth-order valence-corrected chi connectivity index (χ4v) is 2.28. The number of carbonyl (C=O) groups excluding carboxylic acids is 1. The highest BCUT2D eigenvalue weighted by atomic mass is 19.1. The van der Waals surface area contributed by atoms with Crippen LogP contribution >= 0.6 is 0 Å². The maximum atomic E-state index is 13.0. The molecule has 0 fully saturated rings. The van der Waals surface area contributed by atoms with Crippen LogP contribution in [0.3, 0.4) is 0 Å². The summed E-state index contributed by atoms with van der Waals surface area (Å²) >= 11 is 0. The number of carbonyl (C=O) groups is 1. The summed E-state index contributed by atoms with van der Waals surface area (Å²) < 4.78 is 13.0. The molecule has 0 saturated heterocycles. The smallest absolute Gasteiger partial charge is 0.274 e. The first kappa shape index (κ1) is 16.6. The molecular formula is C19H17FN4O. The van der Waals surface area contributed by atoms with Crippen molar-refractivity contribution in [3.8, 4) is 0 Å². The Bertz CT molecular complexity index is 910. The first-order chi connectivity index (χ1) is 12.0. The van der Waals surface area contributed by atoms with Gasteiger partial charge in [-0.3, -0.25) is 4.79 Å². The molecule has 2 N–H and O–H groups in total. The molecule has 0 bridgehead atoms. The minimum Gasteiger partial charge on any atom is -0.324 e. The molecule has 1 amide bonds. The molecular weight excluding hydrogens is 319 g/mol. The van der Waals surface area contributed by atoms with E-state index < -0.39 is 0 Å². The van der Waals surface area contributed by atoms with Crippen LogP contribution in [0.15, 0.2) is 54.7 Å². The number of halogens is 1. The molecule has 126 valence electrons. The third-order valence-corrected chi connectivity index (χ3v) is 3.84. The van der Waals surface area contributed by atoms with E-state index in [1.165, 1.54) is 24.4 Å². The van der Waals surface area contributed by atoms with Crippen LogP contribution in [-0.4, -0.2) is 15.9 Å². The summed E-state index contributed by atoms with van der Waals surface area (Å²) in [6.07, 6.45) is 1.50. The Kier molecular flexibility index (Phi) is 4.70. The molecule has 1 aromatic heterocycles. The maximum absolute atomic E-state index is 13.0. The normalized spacial score (nSPS) is 10.4. The van der Waals surface area contributed by atoms with Crippen molar-refractivity contribution in [2.75, 3.05) is 10.6 Å². The molecule has 2 aromatic carbocycles. The molecule has 3 rings (SSSR count). The van der Waals surface area contributed by atoms with Crippen LogP contribution in [0.2, 0.25) is 0 Å². The molecule has 0 aliphatic carbocycles. The molecule has 0 aliphatic rings. The van der Waals surface area contributed by atoms with E-state index >= 15 is 0 Å². The van der Waals surface area contributed by atoms with Crippen molar-refractivity contribution < 1.29 is 9.18 Å². The van der Waals surface area contributed by atoms with Gasteiger partial charge in [0.25, 0.3) is 5.91 Å². The van der Waals surface area contributed by atoms with E-state index in [0.29, 0.717) is 5.69 Å². The molecule has 0 saturated carbocycles. The van der Waals surface area contributed by atoms with Crippen LogP contribution in [0.5, 0.6) is 0 Å². The number of rotatable bonds is 4. The highest BCUT2D eigenvalue weighted by Gasteiger charge is 2.11. The Morgan fingerprint density at radius 2 is 1.80 bits per heavy atom. The Hall–Kier alpha value is -3.28. The Morgan fingerprint density at radius 1 is 1.04 bits per heavy atom. The van der Waals surface area contributed by atoms with E-state index in [9.17, 15) is 9.18 Å². The van der Waals surface area contributed by atoms with Gasteiger partial charge in [-0.15, -0.1) is 0 Å². The molecule has 0 atom stereocenters. The second-order valence-corrected chi connectivity index (χ2v) is 5.60. The molecule has 5 nitrogen and oxygen atoms in total. The van der Waals surface area contributed by atoms with Crippen LogP contribution < -0.4 is 10.6 Å². The summed E-state index contributed by atoms with van der Waals surface area (Å²) in [6.45, 7) is 3.94. The van der Waals surface area contributed by atoms with E-state index in [1.54, 1.807) is 12.1 Å². The average Bonchev–Trinajstić information content (AvgIpc) is 2.61. The number of hydrogen-bond acceptors (Lipinski definition) is 4. The largest absolute Gasteiger partial charge is 0.324 e. The molecule has 6 heteroatoms. The summed E-state index contributed by atoms with van der Waals surface area (Å²) in [5, 5.41) is 5.80. The zero-order valence-corrected chi connectivity index (χ0v) is 13.9. The highest BCUT2D eigenvalue weighted by Crippen LogP contribution is 2.19. The predicted octanol–water partition coefficient (Wildman–Crippen LogP) is 4.23. The van der Waals surface area contributed by atoms with Gasteiger partial charge < -0.3 is 10.6 Å². The van der Waals surface area contributed by atoms with Gasteiger partial charge in [-0.05, 0) is 61.4 Å². The number of nitrogens with zero attached hydrogens (tertiary/aromatic N) is 2. The quantitative estimate of drug-likeness (QED) is 0.748. The second-order valence-electron chi connectivity index (χ2n) is 5.60. The summed E-state index contributed by atoms with van der Waals surface area (Å²) in [4.78, 5) is 20.7. The van der Waals surface area contributed by atoms with Crippen LogP contribution in [0, 0.1) is 19.7 Å². The number of anilines is 3. The lowest BCUT2D eigenvalue weighted by Crippen LogP contribution is -2.15. The third kappa shape index (κ3) is 3.98. The molecule has 3 aromatic rings. The minimum absolute atomic E-state index is 0.237. The molecule has 0 spiro atoms. The second kappa shape index (κ2) is 7.09. The Labute approximate surface area is 145 Å². The first-order valence-electron chi connectivity index (χ1n) is 7.76. The average molecular weight is 336 g/mol. The molecule has 0 aliphatic heterocycles. The summed E-state index contributed by atoms with van der Waals surface area (Å²) in [6, 6.07) is 13.1. The molecule has 25 heavy (non-hydrogen) atoms. The Morgan fingerprint density at radius 3 is 2.56 bits per heavy atom. The van der Waals surface area contributed by atoms with Gasteiger partial charge in [0.05, 0.1) is 0 Å². The number of hydrogen-bond donors (Lipinski definition) is 2. The number of benzene rings is 2. The van der Waals surface area contributed by atoms with E-state index in [-0.39, 0.29) is 23.4 Å². The summed E-state index contributed by atoms with van der Waals surface area (Å²) in [5.74, 6) is -0.383. The zero-order valence-electron chi connectivity index (χ0n) is 13.9. The lowest BCUT2D eigenvalue weighted by atomic mass is 10.1. The zero-order chi connectivity index (χ0) is 17.8. The lowest BCUT2D eigenvalue weighted by molar-refractivity contribution is 0.102. The van der Waals surface area contributed by atoms with Gasteiger partial charge in [0.15, 0.2) is 0 Å². The fraction of sp³-hybridized carbons (Fsp3) is 0.105. The van der Waals surface area contributed by atoms with Crippen LogP contribution in [0.4, 0.5) is 21.7 Å². The SMILES string of the molecule is Cc1cccc(NC(=O)c2ccnc(Nc3ccc(F)cc3)n2)c1C. The number of amides is 1. The highest BCUT2D eigenvalue weighted by molar-refractivity contribution is 6.03. The van der Waals surface area contributed by atoms with Crippen LogP contribution in [0.1, 0.15) is 21.6 Å². The van der Waals surface area contributed by atoms with Crippen LogP contribution in [-0.2, 0) is 0 Å². The van der Waals surface area contributed by atoms with Crippen LogP contribution in [0.25, 0.3) is 0 Å². The monoisotopic (exact) mass is 336 g/mol. The third-order valence-electron chi connectivity index (χ3n) is 3.84. The number of nitrogens with one attached hydrogen (secondary N) is 2. The van der Waals surface area contributed by atoms with Crippen molar-refractivity contribution in [1.82, 2.24) is 9.97 Å². The van der Waals surface area contributed by atoms with Crippen molar-refractivity contribution >= 4 is 23.2 Å². The summed E-state index contributed by atoms with van der Waals surface area (Å²) in [7, 11) is 0. The van der Waals surface area contributed by atoms with Crippen molar-refractivity contribution in [3.63, 3.8) is 0 Å². The standard InChI is InChI=1S/C19H17FN4O/c1-12-4-3-5-16(13(12)2)23-18(25)17-10-11-21-19(24-17)22-15-8-6-14(20)7-9-15/h3-11H,1-2H3,(H,23,25)(H,21,22,24). The maximum Gasteiger partial charge on any atom is 0.274 e.